The molecule has 7 nitrogen and oxygen atoms in total. The van der Waals surface area contributed by atoms with Crippen molar-refractivity contribution in [1.29, 1.82) is 0 Å². The van der Waals surface area contributed by atoms with Crippen molar-refractivity contribution >= 4 is 26.3 Å². The van der Waals surface area contributed by atoms with Gasteiger partial charge in [0, 0.05) is 34.9 Å². The molecule has 0 bridgehead atoms. The summed E-state index contributed by atoms with van der Waals surface area (Å²) in [5.41, 5.74) is 2.42. The van der Waals surface area contributed by atoms with Gasteiger partial charge in [0.05, 0.1) is 18.9 Å². The number of hydrogen-bond acceptors (Lipinski definition) is 6. The van der Waals surface area contributed by atoms with Gasteiger partial charge in [-0.3, -0.25) is 4.40 Å². The molecule has 0 saturated carbocycles. The third kappa shape index (κ3) is 4.87. The summed E-state index contributed by atoms with van der Waals surface area (Å²) >= 11 is 1.40. The van der Waals surface area contributed by atoms with Crippen molar-refractivity contribution in [2.75, 3.05) is 13.2 Å². The van der Waals surface area contributed by atoms with Gasteiger partial charge in [0.15, 0.2) is 4.96 Å². The standard InChI is InChI=1S/C23H24FN3O4S2/c1-4-30-18-10-11-20(31-5-2)22(12-18)33(28,29)25-13-21-15(3)27-14-19(26-23(27)32-21)16-6-8-17(24)9-7-16/h6-12,14,25H,4-5,13H2,1-3H3. The maximum absolute atomic E-state index is 13.2. The quantitative estimate of drug-likeness (QED) is 0.366. The highest BCUT2D eigenvalue weighted by Crippen LogP contribution is 2.30. The number of aromatic nitrogens is 2. The summed E-state index contributed by atoms with van der Waals surface area (Å²) in [5, 5.41) is 0. The number of benzene rings is 2. The largest absolute Gasteiger partial charge is 0.494 e. The molecule has 0 radical (unpaired) electrons. The van der Waals surface area contributed by atoms with Crippen molar-refractivity contribution in [1.82, 2.24) is 14.1 Å². The lowest BCUT2D eigenvalue weighted by molar-refractivity contribution is 0.322. The van der Waals surface area contributed by atoms with E-state index in [4.69, 9.17) is 9.47 Å². The lowest BCUT2D eigenvalue weighted by Crippen LogP contribution is -2.24. The van der Waals surface area contributed by atoms with Crippen molar-refractivity contribution in [3.8, 4) is 22.8 Å². The summed E-state index contributed by atoms with van der Waals surface area (Å²) in [5.74, 6) is 0.431. The van der Waals surface area contributed by atoms with Crippen LogP contribution in [-0.2, 0) is 16.6 Å². The molecule has 0 atom stereocenters. The lowest BCUT2D eigenvalue weighted by atomic mass is 10.2. The van der Waals surface area contributed by atoms with Crippen LogP contribution in [-0.4, -0.2) is 31.0 Å². The van der Waals surface area contributed by atoms with Crippen LogP contribution in [0.5, 0.6) is 11.5 Å². The van der Waals surface area contributed by atoms with Crippen molar-refractivity contribution in [3.63, 3.8) is 0 Å². The number of rotatable bonds is 9. The average Bonchev–Trinajstić information content (AvgIpc) is 3.33. The highest BCUT2D eigenvalue weighted by molar-refractivity contribution is 7.89. The molecule has 33 heavy (non-hydrogen) atoms. The van der Waals surface area contributed by atoms with E-state index in [1.54, 1.807) is 31.2 Å². The number of ether oxygens (including phenoxy) is 2. The molecule has 1 N–H and O–H groups in total. The molecule has 0 amide bonds. The number of aryl methyl sites for hydroxylation is 1. The zero-order valence-electron chi connectivity index (χ0n) is 18.5. The van der Waals surface area contributed by atoms with Crippen LogP contribution in [0.25, 0.3) is 16.2 Å². The highest BCUT2D eigenvalue weighted by atomic mass is 32.2. The molecule has 10 heteroatoms. The fraction of sp³-hybridized carbons (Fsp3) is 0.261. The molecule has 4 aromatic rings. The zero-order valence-corrected chi connectivity index (χ0v) is 20.1. The van der Waals surface area contributed by atoms with Gasteiger partial charge in [0.25, 0.3) is 0 Å². The molecule has 0 unspecified atom stereocenters. The van der Waals surface area contributed by atoms with Gasteiger partial charge in [-0.25, -0.2) is 22.5 Å². The van der Waals surface area contributed by atoms with Crippen LogP contribution in [0.15, 0.2) is 53.6 Å². The average molecular weight is 490 g/mol. The Bertz CT molecular complexity index is 1380. The van der Waals surface area contributed by atoms with Gasteiger partial charge in [-0.1, -0.05) is 11.3 Å². The second-order valence-corrected chi connectivity index (χ2v) is 9.99. The van der Waals surface area contributed by atoms with E-state index in [9.17, 15) is 12.8 Å². The SMILES string of the molecule is CCOc1ccc(OCC)c(S(=O)(=O)NCc2sc3nc(-c4ccc(F)cc4)cn3c2C)c1. The molecular formula is C23H24FN3O4S2. The molecule has 0 saturated heterocycles. The van der Waals surface area contributed by atoms with Gasteiger partial charge in [0.1, 0.15) is 22.2 Å². The minimum Gasteiger partial charge on any atom is -0.494 e. The first-order chi connectivity index (χ1) is 15.8. The van der Waals surface area contributed by atoms with E-state index >= 15 is 0 Å². The Hall–Kier alpha value is -2.95. The molecule has 2 aromatic heterocycles. The maximum Gasteiger partial charge on any atom is 0.244 e. The van der Waals surface area contributed by atoms with Gasteiger partial charge in [-0.05, 0) is 57.2 Å². The van der Waals surface area contributed by atoms with Crippen molar-refractivity contribution < 1.29 is 22.3 Å². The molecular weight excluding hydrogens is 465 g/mol. The van der Waals surface area contributed by atoms with E-state index in [1.807, 2.05) is 24.4 Å². The van der Waals surface area contributed by atoms with Crippen molar-refractivity contribution in [2.45, 2.75) is 32.2 Å². The predicted molar refractivity (Wildman–Crippen MR) is 126 cm³/mol. The summed E-state index contributed by atoms with van der Waals surface area (Å²) in [6.45, 7) is 6.41. The van der Waals surface area contributed by atoms with Gasteiger partial charge in [0.2, 0.25) is 10.0 Å². The number of halogens is 1. The number of nitrogens with one attached hydrogen (secondary N) is 1. The fourth-order valence-corrected chi connectivity index (χ4v) is 5.67. The summed E-state index contributed by atoms with van der Waals surface area (Å²) in [4.78, 5) is 6.22. The fourth-order valence-electron chi connectivity index (χ4n) is 3.39. The number of fused-ring (bicyclic) bond motifs is 1. The highest BCUT2D eigenvalue weighted by Gasteiger charge is 2.22. The molecule has 0 fully saturated rings. The van der Waals surface area contributed by atoms with Gasteiger partial charge < -0.3 is 9.47 Å². The second kappa shape index (κ2) is 9.50. The first-order valence-corrected chi connectivity index (χ1v) is 12.7. The van der Waals surface area contributed by atoms with Crippen LogP contribution in [0, 0.1) is 12.7 Å². The van der Waals surface area contributed by atoms with E-state index in [2.05, 4.69) is 9.71 Å². The maximum atomic E-state index is 13.2. The summed E-state index contributed by atoms with van der Waals surface area (Å²) < 4.78 is 55.0. The minimum absolute atomic E-state index is 0.0351. The van der Waals surface area contributed by atoms with E-state index in [1.165, 1.54) is 29.5 Å². The smallest absolute Gasteiger partial charge is 0.244 e. The van der Waals surface area contributed by atoms with Gasteiger partial charge in [-0.2, -0.15) is 0 Å². The van der Waals surface area contributed by atoms with Gasteiger partial charge in [-0.15, -0.1) is 0 Å². The minimum atomic E-state index is -3.86. The van der Waals surface area contributed by atoms with E-state index in [0.717, 1.165) is 26.8 Å². The van der Waals surface area contributed by atoms with E-state index in [0.29, 0.717) is 19.0 Å². The summed E-state index contributed by atoms with van der Waals surface area (Å²) in [6.07, 6.45) is 1.87. The molecule has 0 aliphatic carbocycles. The lowest BCUT2D eigenvalue weighted by Gasteiger charge is -2.13. The Morgan fingerprint density at radius 2 is 1.82 bits per heavy atom. The Kier molecular flexibility index (Phi) is 6.68. The Labute approximate surface area is 195 Å². The number of nitrogens with zero attached hydrogens (tertiary/aromatic N) is 2. The normalized spacial score (nSPS) is 11.8. The summed E-state index contributed by atoms with van der Waals surface area (Å²) in [6, 6.07) is 10.9. The zero-order chi connectivity index (χ0) is 23.6. The van der Waals surface area contributed by atoms with Crippen molar-refractivity contribution in [3.05, 3.63) is 65.0 Å². The van der Waals surface area contributed by atoms with E-state index in [-0.39, 0.29) is 23.0 Å². The van der Waals surface area contributed by atoms with Crippen LogP contribution < -0.4 is 14.2 Å². The predicted octanol–water partition coefficient (Wildman–Crippen LogP) is 4.79. The van der Waals surface area contributed by atoms with Crippen LogP contribution in [0.3, 0.4) is 0 Å². The molecule has 0 aliphatic heterocycles. The number of sulfonamides is 1. The topological polar surface area (TPSA) is 81.9 Å². The second-order valence-electron chi connectivity index (χ2n) is 7.20. The molecule has 0 spiro atoms. The molecule has 0 aliphatic rings. The molecule has 2 aromatic carbocycles. The Balaban J connectivity index is 1.58. The van der Waals surface area contributed by atoms with Crippen molar-refractivity contribution in [2.24, 2.45) is 0 Å². The molecule has 174 valence electrons. The van der Waals surface area contributed by atoms with E-state index < -0.39 is 10.0 Å². The first kappa shape index (κ1) is 23.2. The monoisotopic (exact) mass is 489 g/mol. The number of hydrogen-bond donors (Lipinski definition) is 1. The Morgan fingerprint density at radius 3 is 2.48 bits per heavy atom. The number of thiazole rings is 1. The Morgan fingerprint density at radius 1 is 1.09 bits per heavy atom. The summed E-state index contributed by atoms with van der Waals surface area (Å²) in [7, 11) is -3.86. The number of imidazole rings is 1. The van der Waals surface area contributed by atoms with Gasteiger partial charge >= 0.3 is 0 Å². The van der Waals surface area contributed by atoms with Crippen LogP contribution in [0.4, 0.5) is 4.39 Å². The molecule has 2 heterocycles. The molecule has 4 rings (SSSR count). The third-order valence-corrected chi connectivity index (χ3v) is 7.61. The first-order valence-electron chi connectivity index (χ1n) is 10.4. The van der Waals surface area contributed by atoms with Crippen LogP contribution in [0.1, 0.15) is 24.4 Å². The third-order valence-electron chi connectivity index (χ3n) is 5.03. The van der Waals surface area contributed by atoms with Crippen LogP contribution in [0.2, 0.25) is 0 Å². The van der Waals surface area contributed by atoms with Crippen LogP contribution >= 0.6 is 11.3 Å².